The van der Waals surface area contributed by atoms with Crippen LogP contribution in [0.5, 0.6) is 0 Å². The number of esters is 1. The third-order valence-corrected chi connectivity index (χ3v) is 16.8. The number of hydrogen-bond donors (Lipinski definition) is 2. The van der Waals surface area contributed by atoms with Crippen molar-refractivity contribution >= 4 is 35.2 Å². The molecule has 9 nitrogen and oxygen atoms in total. The number of carboxylic acid groups (broad SMARTS) is 1. The number of nitrogens with zero attached hydrogens (tertiary/aromatic N) is 2. The summed E-state index contributed by atoms with van der Waals surface area (Å²) in [5, 5.41) is 13.3. The summed E-state index contributed by atoms with van der Waals surface area (Å²) in [5.74, 6) is 0.384. The van der Waals surface area contributed by atoms with Crippen LogP contribution in [0.25, 0.3) is 0 Å². The zero-order valence-electron chi connectivity index (χ0n) is 34.4. The van der Waals surface area contributed by atoms with E-state index in [1.54, 1.807) is 32.3 Å². The van der Waals surface area contributed by atoms with E-state index in [1.807, 2.05) is 0 Å². The van der Waals surface area contributed by atoms with Crippen LogP contribution in [0, 0.1) is 56.2 Å². The van der Waals surface area contributed by atoms with Crippen molar-refractivity contribution in [1.29, 1.82) is 0 Å². The molecule has 1 amide bonds. The molecule has 10 heteroatoms. The van der Waals surface area contributed by atoms with Gasteiger partial charge >= 0.3 is 11.9 Å². The van der Waals surface area contributed by atoms with Gasteiger partial charge in [-0.2, -0.15) is 0 Å². The molecular weight excluding hydrogens is 714 g/mol. The van der Waals surface area contributed by atoms with E-state index >= 15 is 0 Å². The number of carbonyl (C=O) groups is 4. The lowest BCUT2D eigenvalue weighted by Crippen LogP contribution is -2.65. The van der Waals surface area contributed by atoms with Crippen LogP contribution in [-0.4, -0.2) is 44.8 Å². The van der Waals surface area contributed by atoms with Gasteiger partial charge in [-0.25, -0.2) is 9.97 Å². The predicted molar refractivity (Wildman–Crippen MR) is 211 cm³/mol. The van der Waals surface area contributed by atoms with E-state index in [4.69, 9.17) is 16.3 Å². The Morgan fingerprint density at radius 2 is 1.62 bits per heavy atom. The highest BCUT2D eigenvalue weighted by Crippen LogP contribution is 2.77. The number of nitrogens with one attached hydrogen (secondary N) is 1. The molecule has 0 bridgehead atoms. The summed E-state index contributed by atoms with van der Waals surface area (Å²) in [6, 6.07) is 0. The number of halogens is 1. The van der Waals surface area contributed by atoms with Crippen LogP contribution in [-0.2, 0) is 29.5 Å². The highest BCUT2D eigenvalue weighted by molar-refractivity contribution is 6.30. The highest BCUT2D eigenvalue weighted by Gasteiger charge is 2.70. The summed E-state index contributed by atoms with van der Waals surface area (Å²) >= 11 is 6.03. The molecule has 0 unspecified atom stereocenters. The minimum absolute atomic E-state index is 0.0244. The number of aromatic nitrogens is 2. The van der Waals surface area contributed by atoms with E-state index < -0.39 is 28.3 Å². The number of ketones is 1. The van der Waals surface area contributed by atoms with Crippen molar-refractivity contribution < 1.29 is 29.0 Å². The van der Waals surface area contributed by atoms with Gasteiger partial charge in [0.25, 0.3) is 0 Å². The Morgan fingerprint density at radius 1 is 0.945 bits per heavy atom. The van der Waals surface area contributed by atoms with Crippen molar-refractivity contribution in [2.24, 2.45) is 56.2 Å². The normalized spacial score (nSPS) is 37.5. The average Bonchev–Trinajstić information content (AvgIpc) is 3.80. The molecular formula is C45H62ClN3O6. The summed E-state index contributed by atoms with van der Waals surface area (Å²) in [6.07, 6.45) is 16.2. The summed E-state index contributed by atoms with van der Waals surface area (Å²) in [4.78, 5) is 61.3. The van der Waals surface area contributed by atoms with Crippen LogP contribution < -0.4 is 5.32 Å². The average molecular weight is 776 g/mol. The molecule has 0 saturated heterocycles. The molecule has 2 N–H and O–H groups in total. The molecule has 5 saturated carbocycles. The second-order valence-corrected chi connectivity index (χ2v) is 21.1. The van der Waals surface area contributed by atoms with Gasteiger partial charge in [-0.15, -0.1) is 0 Å². The number of carboxylic acids is 1. The molecule has 6 aliphatic carbocycles. The minimum atomic E-state index is -1.17. The Morgan fingerprint density at radius 3 is 2.24 bits per heavy atom. The molecule has 1 aromatic heterocycles. The second-order valence-electron chi connectivity index (χ2n) is 20.7. The molecule has 8 atom stereocenters. The van der Waals surface area contributed by atoms with Gasteiger partial charge in [-0.05, 0) is 135 Å². The van der Waals surface area contributed by atoms with E-state index in [0.717, 1.165) is 69.8 Å². The van der Waals surface area contributed by atoms with Gasteiger partial charge in [0.2, 0.25) is 5.91 Å². The lowest BCUT2D eigenvalue weighted by atomic mass is 9.33. The maximum atomic E-state index is 14.1. The lowest BCUT2D eigenvalue weighted by molar-refractivity contribution is -0.232. The fraction of sp³-hybridized carbons (Fsp3) is 0.733. The first kappa shape index (κ1) is 40.1. The largest absolute Gasteiger partial charge is 0.481 e. The predicted octanol–water partition coefficient (Wildman–Crippen LogP) is 9.18. The lowest BCUT2D eigenvalue weighted by Gasteiger charge is -2.72. The van der Waals surface area contributed by atoms with Crippen molar-refractivity contribution in [1.82, 2.24) is 15.3 Å². The van der Waals surface area contributed by atoms with Crippen molar-refractivity contribution in [3.8, 4) is 0 Å². The Bertz CT molecular complexity index is 1850. The fourth-order valence-electron chi connectivity index (χ4n) is 13.3. The number of ether oxygens (including phenoxy) is 1. The molecule has 6 aliphatic rings. The van der Waals surface area contributed by atoms with Crippen LogP contribution in [0.1, 0.15) is 145 Å². The van der Waals surface area contributed by atoms with E-state index in [9.17, 15) is 24.3 Å². The van der Waals surface area contributed by atoms with Crippen molar-refractivity contribution in [3.05, 3.63) is 46.5 Å². The second kappa shape index (κ2) is 13.2. The number of aliphatic carboxylic acids is 1. The molecule has 55 heavy (non-hydrogen) atoms. The van der Waals surface area contributed by atoms with Crippen LogP contribution in [0.15, 0.2) is 35.7 Å². The molecule has 0 aromatic carbocycles. The maximum absolute atomic E-state index is 14.1. The van der Waals surface area contributed by atoms with Gasteiger partial charge < -0.3 is 15.2 Å². The summed E-state index contributed by atoms with van der Waals surface area (Å²) < 4.78 is 6.17. The summed E-state index contributed by atoms with van der Waals surface area (Å²) in [5.41, 5.74) is -0.107. The van der Waals surface area contributed by atoms with Gasteiger partial charge in [0.15, 0.2) is 11.6 Å². The van der Waals surface area contributed by atoms with Gasteiger partial charge in [0.1, 0.15) is 11.6 Å². The van der Waals surface area contributed by atoms with E-state index in [0.29, 0.717) is 29.1 Å². The smallest absolute Gasteiger partial charge is 0.309 e. The molecule has 0 spiro atoms. The Kier molecular flexibility index (Phi) is 9.66. The van der Waals surface area contributed by atoms with Gasteiger partial charge in [-0.3, -0.25) is 19.2 Å². The molecule has 7 rings (SSSR count). The standard InChI is InChI=1S/C45H62ClN3O6/c1-26(2)35-29(50)22-44(17-14-33(51)49-45(20-21-45)37-47-24-27(46)25-48-37)19-18-42(8)28(36(35)44)10-11-31-41(7)15-13-32(55-34(52)23-39(3,4)38(53)54)40(5,6)30(41)12-16-43(31,42)9/h14,17,24-26,28,30-32H,10-13,15-16,18-23H2,1-9H3,(H,49,51)(H,53,54)/t28-,30+,31-,32+,41+,42-,43-,44+/m1/s1. The van der Waals surface area contributed by atoms with Crippen molar-refractivity contribution in [2.75, 3.05) is 0 Å². The van der Waals surface area contributed by atoms with Gasteiger partial charge in [-0.1, -0.05) is 66.1 Å². The number of amides is 1. The summed E-state index contributed by atoms with van der Waals surface area (Å²) in [6.45, 7) is 19.6. The maximum Gasteiger partial charge on any atom is 0.309 e. The molecule has 300 valence electrons. The van der Waals surface area contributed by atoms with Crippen LogP contribution in [0.2, 0.25) is 5.02 Å². The van der Waals surface area contributed by atoms with E-state index in [1.165, 1.54) is 5.57 Å². The Labute approximate surface area is 332 Å². The van der Waals surface area contributed by atoms with Gasteiger partial charge in [0, 0.05) is 29.6 Å². The van der Waals surface area contributed by atoms with Gasteiger partial charge in [0.05, 0.1) is 16.9 Å². The van der Waals surface area contributed by atoms with E-state index in [2.05, 4.69) is 69.8 Å². The third kappa shape index (κ3) is 6.23. The van der Waals surface area contributed by atoms with Crippen molar-refractivity contribution in [3.63, 3.8) is 0 Å². The van der Waals surface area contributed by atoms with Crippen LogP contribution in [0.4, 0.5) is 0 Å². The SMILES string of the molecule is CC(C)C1=C2[C@H]3CC[C@@H]4[C@@]5(C)CC[C@H](OC(=O)CC(C)(C)C(=O)O)C(C)(C)[C@@H]5CC[C@@]4(C)[C@]3(C)CC[C@@]2(C=CC(=O)NC2(c3ncc(Cl)cn3)CC2)CC1=O. The van der Waals surface area contributed by atoms with E-state index in [-0.39, 0.29) is 57.7 Å². The molecule has 0 aliphatic heterocycles. The molecule has 1 heterocycles. The number of rotatable bonds is 9. The minimum Gasteiger partial charge on any atom is -0.481 e. The monoisotopic (exact) mass is 775 g/mol. The van der Waals surface area contributed by atoms with Crippen LogP contribution in [0.3, 0.4) is 0 Å². The van der Waals surface area contributed by atoms with Crippen LogP contribution >= 0.6 is 11.6 Å². The zero-order chi connectivity index (χ0) is 40.1. The molecule has 0 radical (unpaired) electrons. The highest BCUT2D eigenvalue weighted by atomic mass is 35.5. The zero-order valence-corrected chi connectivity index (χ0v) is 35.2. The number of allylic oxidation sites excluding steroid dienone is 3. The Balaban J connectivity index is 1.14. The fourth-order valence-corrected chi connectivity index (χ4v) is 13.4. The first-order valence-corrected chi connectivity index (χ1v) is 21.1. The first-order valence-electron chi connectivity index (χ1n) is 20.8. The number of fused-ring (bicyclic) bond motifs is 7. The third-order valence-electron chi connectivity index (χ3n) is 16.6. The topological polar surface area (TPSA) is 136 Å². The number of carbonyl (C=O) groups excluding carboxylic acids is 3. The van der Waals surface area contributed by atoms with Crippen molar-refractivity contribution in [2.45, 2.75) is 151 Å². The Hall–Kier alpha value is -3.07. The first-order chi connectivity index (χ1) is 25.6. The molecule has 1 aromatic rings. The number of hydrogen-bond acceptors (Lipinski definition) is 7. The molecule has 5 fully saturated rings. The summed E-state index contributed by atoms with van der Waals surface area (Å²) in [7, 11) is 0. The number of Topliss-reactive ketones (excluding diaryl/α,β-unsaturated/α-hetero) is 1. The quantitative estimate of drug-likeness (QED) is 0.187.